The van der Waals surface area contributed by atoms with Crippen LogP contribution in [0.25, 0.3) is 11.2 Å². The van der Waals surface area contributed by atoms with Gasteiger partial charge in [-0.3, -0.25) is 0 Å². The molecule has 0 saturated heterocycles. The van der Waals surface area contributed by atoms with E-state index in [1.807, 2.05) is 0 Å². The topological polar surface area (TPSA) is 138 Å². The smallest absolute Gasteiger partial charge is 0.191 e. The molecule has 0 bridgehead atoms. The number of anilines is 1. The molecule has 0 amide bonds. The van der Waals surface area contributed by atoms with Gasteiger partial charge in [0.25, 0.3) is 0 Å². The maximum absolute atomic E-state index is 14.4. The van der Waals surface area contributed by atoms with Crippen LogP contribution in [0.4, 0.5) is 10.2 Å². The highest BCUT2D eigenvalue weighted by Gasteiger charge is 2.45. The largest absolute Gasteiger partial charge is 0.394 e. The molecule has 2 aromatic heterocycles. The van der Waals surface area contributed by atoms with Crippen molar-refractivity contribution < 1.29 is 39.5 Å². The molecule has 1 aromatic carbocycles. The van der Waals surface area contributed by atoms with E-state index in [2.05, 4.69) is 25.6 Å². The summed E-state index contributed by atoms with van der Waals surface area (Å²) in [6.07, 6.45) is -10.2. The highest BCUT2D eigenvalue weighted by Crippen LogP contribution is 2.44. The third-order valence-electron chi connectivity index (χ3n) is 6.00. The van der Waals surface area contributed by atoms with Crippen molar-refractivity contribution in [2.75, 3.05) is 24.1 Å². The molecule has 10 nitrogen and oxygen atoms in total. The fourth-order valence-electron chi connectivity index (χ4n) is 4.08. The summed E-state index contributed by atoms with van der Waals surface area (Å²) in [5.74, 6) is -2.13. The average molecular weight is 530 g/mol. The van der Waals surface area contributed by atoms with Crippen molar-refractivity contribution in [2.45, 2.75) is 74.5 Å². The van der Waals surface area contributed by atoms with Crippen molar-refractivity contribution in [1.82, 2.24) is 25.0 Å². The van der Waals surface area contributed by atoms with E-state index in [1.54, 1.807) is 0 Å². The lowest BCUT2D eigenvalue weighted by molar-refractivity contribution is -0.0629. The first-order valence-corrected chi connectivity index (χ1v) is 11.8. The maximum atomic E-state index is 14.4. The summed E-state index contributed by atoms with van der Waals surface area (Å²) in [6.45, 7) is -4.24. The Morgan fingerprint density at radius 1 is 1.36 bits per heavy atom. The Balaban J connectivity index is 1.57. The normalized spacial score (nSPS) is 37.2. The summed E-state index contributed by atoms with van der Waals surface area (Å²) in [5, 5.41) is 41.3. The molecular formula is C24H31FN6O4S. The predicted octanol–water partition coefficient (Wildman–Crippen LogP) is 2.18. The van der Waals surface area contributed by atoms with Crippen LogP contribution in [0.2, 0.25) is 0 Å². The Bertz CT molecular complexity index is 1690. The fraction of sp³-hybridized carbons (Fsp3) is 0.583. The van der Waals surface area contributed by atoms with Crippen molar-refractivity contribution in [2.24, 2.45) is 0 Å². The van der Waals surface area contributed by atoms with Crippen molar-refractivity contribution in [3.8, 4) is 0 Å². The van der Waals surface area contributed by atoms with E-state index >= 15 is 0 Å². The number of hydrogen-bond acceptors (Lipinski definition) is 10. The summed E-state index contributed by atoms with van der Waals surface area (Å²) >= 11 is 0.263. The van der Waals surface area contributed by atoms with E-state index in [1.165, 1.54) is 19.1 Å². The molecule has 2 aliphatic carbocycles. The van der Waals surface area contributed by atoms with Crippen LogP contribution in [0.5, 0.6) is 0 Å². The van der Waals surface area contributed by atoms with E-state index in [4.69, 9.17) is 19.8 Å². The first-order chi connectivity index (χ1) is 21.3. The van der Waals surface area contributed by atoms with Crippen molar-refractivity contribution in [3.63, 3.8) is 0 Å². The summed E-state index contributed by atoms with van der Waals surface area (Å²) in [7, 11) is 0. The number of benzene rings is 1. The zero-order valence-corrected chi connectivity index (χ0v) is 19.9. The highest BCUT2D eigenvalue weighted by molar-refractivity contribution is 7.99. The highest BCUT2D eigenvalue weighted by atomic mass is 32.2. The lowest BCUT2D eigenvalue weighted by Crippen LogP contribution is -2.33. The number of nitrogens with zero attached hydrogens (tertiary/aromatic N) is 5. The SMILES string of the molecule is [2H]C([2H])(C)C([2H])([2H])Sc1nc(N[C@@]2([2H])[C@H](c3ccc(C)c(F)c3)C2([2H])[2H])c2nnn([C@@H]3C[C@H](OC([2H])([2H])C([2H])([2H])O)[C@@H](O)[C@H]3O)c2n1. The van der Waals surface area contributed by atoms with E-state index in [0.29, 0.717) is 5.56 Å². The lowest BCUT2D eigenvalue weighted by Gasteiger charge is -2.17. The molecule has 5 rings (SSSR count). The number of aliphatic hydroxyl groups is 3. The molecule has 12 heteroatoms. The van der Waals surface area contributed by atoms with Gasteiger partial charge in [-0.2, -0.15) is 0 Å². The Morgan fingerprint density at radius 2 is 2.19 bits per heavy atom. The van der Waals surface area contributed by atoms with Crippen LogP contribution in [0.15, 0.2) is 23.4 Å². The quantitative estimate of drug-likeness (QED) is 0.228. The summed E-state index contributed by atoms with van der Waals surface area (Å²) in [5.41, 5.74) is -2.57. The number of halogens is 1. The van der Waals surface area contributed by atoms with Gasteiger partial charge in [-0.15, -0.1) is 5.10 Å². The molecule has 2 aliphatic rings. The fourth-order valence-corrected chi connectivity index (χ4v) is 4.54. The minimum atomic E-state index is -3.47. The Morgan fingerprint density at radius 3 is 2.94 bits per heavy atom. The number of hydrogen-bond donors (Lipinski definition) is 4. The van der Waals surface area contributed by atoms with Crippen LogP contribution in [0.3, 0.4) is 0 Å². The number of fused-ring (bicyclic) bond motifs is 1. The molecule has 0 aliphatic heterocycles. The molecule has 4 N–H and O–H groups in total. The van der Waals surface area contributed by atoms with Gasteiger partial charge in [-0.05, 0) is 36.9 Å². The van der Waals surface area contributed by atoms with Gasteiger partial charge in [0.15, 0.2) is 22.1 Å². The van der Waals surface area contributed by atoms with Gasteiger partial charge >= 0.3 is 0 Å². The number of thioether (sulfide) groups is 1. The molecule has 194 valence electrons. The van der Waals surface area contributed by atoms with Crippen molar-refractivity contribution in [1.29, 1.82) is 0 Å². The van der Waals surface area contributed by atoms with Crippen LogP contribution < -0.4 is 5.32 Å². The van der Waals surface area contributed by atoms with Crippen LogP contribution in [0, 0.1) is 12.7 Å². The third-order valence-corrected chi connectivity index (χ3v) is 6.68. The van der Waals surface area contributed by atoms with E-state index in [9.17, 15) is 19.7 Å². The standard InChI is InChI=1S/C24H31FN6O4S/c1-3-8-36-24-27-22(26-16-10-14(16)13-5-4-12(2)15(25)9-13)19-23(28-24)31(30-29-19)17-11-18(35-7-6-32)21(34)20(17)33/h4-5,9,14,16-18,20-21,32-34H,3,6-8,10-11H2,1-2H3,(H,26,27,28)/t14-,16+,17+,18-,20-,21+/m0/s1/i3D2,6D2,7D2,8D2,10D2,16D. The Kier molecular flexibility index (Phi) is 4.43. The average Bonchev–Trinajstić information content (AvgIpc) is 3.19. The number of aliphatic hydroxyl groups excluding tert-OH is 2. The second-order valence-corrected chi connectivity index (χ2v) is 9.07. The number of aromatic nitrogens is 5. The van der Waals surface area contributed by atoms with Gasteiger partial charge < -0.3 is 25.4 Å². The van der Waals surface area contributed by atoms with Crippen LogP contribution in [-0.2, 0) is 4.74 Å². The minimum Gasteiger partial charge on any atom is -0.394 e. The molecule has 6 atom stereocenters. The summed E-state index contributed by atoms with van der Waals surface area (Å²) in [6, 6.07) is 0.631. The second kappa shape index (κ2) is 10.5. The molecule has 0 radical (unpaired) electrons. The first kappa shape index (κ1) is 15.1. The zero-order valence-electron chi connectivity index (χ0n) is 30.1. The zero-order chi connectivity index (χ0) is 35.3. The first-order valence-electron chi connectivity index (χ1n) is 16.4. The van der Waals surface area contributed by atoms with Crippen LogP contribution in [0.1, 0.15) is 64.3 Å². The molecule has 0 spiro atoms. The van der Waals surface area contributed by atoms with Gasteiger partial charge in [0.1, 0.15) is 18.0 Å². The Hall–Kier alpha value is -2.38. The van der Waals surface area contributed by atoms with Crippen molar-refractivity contribution >= 4 is 28.7 Å². The predicted molar refractivity (Wildman–Crippen MR) is 133 cm³/mol. The Labute approximate surface area is 227 Å². The van der Waals surface area contributed by atoms with Gasteiger partial charge in [0.05, 0.1) is 32.1 Å². The van der Waals surface area contributed by atoms with Gasteiger partial charge in [-0.1, -0.05) is 36.0 Å². The number of aryl methyl sites for hydroxylation is 1. The maximum Gasteiger partial charge on any atom is 0.191 e. The van der Waals surface area contributed by atoms with Crippen molar-refractivity contribution in [3.05, 3.63) is 35.1 Å². The van der Waals surface area contributed by atoms with Gasteiger partial charge in [0.2, 0.25) is 0 Å². The minimum absolute atomic E-state index is 0.181. The number of rotatable bonds is 10. The lowest BCUT2D eigenvalue weighted by atomic mass is 10.1. The monoisotopic (exact) mass is 529 g/mol. The van der Waals surface area contributed by atoms with Gasteiger partial charge in [0, 0.05) is 32.3 Å². The third kappa shape index (κ3) is 4.92. The molecule has 2 heterocycles. The molecular weight excluding hydrogens is 487 g/mol. The molecule has 2 fully saturated rings. The number of nitrogens with one attached hydrogen (secondary N) is 1. The summed E-state index contributed by atoms with van der Waals surface area (Å²) in [4.78, 5) is 8.47. The second-order valence-electron chi connectivity index (χ2n) is 8.29. The number of ether oxygens (including phenoxy) is 1. The van der Waals surface area contributed by atoms with E-state index < -0.39 is 85.3 Å². The molecule has 0 unspecified atom stereocenters. The molecule has 3 aromatic rings. The van der Waals surface area contributed by atoms with Gasteiger partial charge in [-0.25, -0.2) is 19.0 Å². The molecule has 2 saturated carbocycles. The molecule has 36 heavy (non-hydrogen) atoms. The van der Waals surface area contributed by atoms with E-state index in [-0.39, 0.29) is 34.3 Å². The van der Waals surface area contributed by atoms with Crippen LogP contribution >= 0.6 is 11.8 Å². The summed E-state index contributed by atoms with van der Waals surface area (Å²) < 4.78 is 109. The van der Waals surface area contributed by atoms with E-state index in [0.717, 1.165) is 17.7 Å². The van der Waals surface area contributed by atoms with Crippen LogP contribution in [-0.4, -0.2) is 83.4 Å².